The Labute approximate surface area is 137 Å². The summed E-state index contributed by atoms with van der Waals surface area (Å²) in [6, 6.07) is 9.40. The predicted octanol–water partition coefficient (Wildman–Crippen LogP) is 6.04. The number of aryl methyl sites for hydroxylation is 1. The van der Waals surface area contributed by atoms with E-state index < -0.39 is 0 Å². The van der Waals surface area contributed by atoms with E-state index in [1.807, 2.05) is 0 Å². The highest BCUT2D eigenvalue weighted by molar-refractivity contribution is 5.99. The minimum atomic E-state index is 0.498. The van der Waals surface area contributed by atoms with E-state index in [1.165, 1.54) is 51.4 Å². The monoisotopic (exact) mass is 296 g/mol. The Morgan fingerprint density at radius 3 is 2.61 bits per heavy atom. The van der Waals surface area contributed by atoms with Crippen molar-refractivity contribution < 1.29 is 0 Å². The van der Waals surface area contributed by atoms with Crippen molar-refractivity contribution in [2.75, 3.05) is 0 Å². The number of allylic oxidation sites excluding steroid dienone is 6. The van der Waals surface area contributed by atoms with Crippen molar-refractivity contribution >= 4 is 22.9 Å². The van der Waals surface area contributed by atoms with Crippen LogP contribution in [-0.2, 0) is 6.42 Å². The SMILES string of the molecule is CC1=Cc2c(ccc3c4c(ccc23)C2C=CC=CC2C=C4)CC1. The van der Waals surface area contributed by atoms with E-state index in [-0.39, 0.29) is 0 Å². The van der Waals surface area contributed by atoms with Crippen LogP contribution in [0.3, 0.4) is 0 Å². The van der Waals surface area contributed by atoms with Crippen LogP contribution in [0.25, 0.3) is 22.9 Å². The Morgan fingerprint density at radius 2 is 1.65 bits per heavy atom. The third kappa shape index (κ3) is 1.91. The Kier molecular flexibility index (Phi) is 2.76. The summed E-state index contributed by atoms with van der Waals surface area (Å²) in [6.45, 7) is 2.25. The maximum atomic E-state index is 2.39. The van der Waals surface area contributed by atoms with Crippen LogP contribution in [0.4, 0.5) is 0 Å². The van der Waals surface area contributed by atoms with Gasteiger partial charge in [0.1, 0.15) is 0 Å². The summed E-state index contributed by atoms with van der Waals surface area (Å²) in [7, 11) is 0. The van der Waals surface area contributed by atoms with Gasteiger partial charge in [0, 0.05) is 11.8 Å². The normalized spacial score (nSPS) is 24.1. The summed E-state index contributed by atoms with van der Waals surface area (Å²) in [5, 5.41) is 2.82. The van der Waals surface area contributed by atoms with Gasteiger partial charge in [0.25, 0.3) is 0 Å². The van der Waals surface area contributed by atoms with Crippen molar-refractivity contribution in [2.45, 2.75) is 25.7 Å². The smallest absolute Gasteiger partial charge is 0.0125 e. The molecule has 0 N–H and O–H groups in total. The Morgan fingerprint density at radius 1 is 0.826 bits per heavy atom. The predicted molar refractivity (Wildman–Crippen MR) is 99.5 cm³/mol. The molecule has 0 heterocycles. The van der Waals surface area contributed by atoms with Crippen LogP contribution in [0.1, 0.15) is 41.5 Å². The summed E-state index contributed by atoms with van der Waals surface area (Å²) in [5.74, 6) is 1.02. The molecule has 2 unspecified atom stereocenters. The van der Waals surface area contributed by atoms with Crippen molar-refractivity contribution in [3.05, 3.63) is 82.5 Å². The van der Waals surface area contributed by atoms with E-state index in [0.717, 1.165) is 0 Å². The molecule has 23 heavy (non-hydrogen) atoms. The molecule has 0 fully saturated rings. The van der Waals surface area contributed by atoms with E-state index in [2.05, 4.69) is 73.7 Å². The minimum Gasteiger partial charge on any atom is -0.0767 e. The molecule has 0 aliphatic heterocycles. The fraction of sp³-hybridized carbons (Fsp3) is 0.217. The average molecular weight is 296 g/mol. The minimum absolute atomic E-state index is 0.498. The van der Waals surface area contributed by atoms with E-state index >= 15 is 0 Å². The molecule has 112 valence electrons. The van der Waals surface area contributed by atoms with E-state index in [0.29, 0.717) is 11.8 Å². The van der Waals surface area contributed by atoms with Crippen molar-refractivity contribution in [3.63, 3.8) is 0 Å². The van der Waals surface area contributed by atoms with Crippen LogP contribution in [0.15, 0.2) is 60.2 Å². The standard InChI is InChI=1S/C23H20/c1-15-6-7-17-9-11-21-20-10-8-16-4-2-3-5-18(16)19(20)12-13-22(21)23(17)14-15/h2-5,8-14,16,18H,6-7H2,1H3. The average Bonchev–Trinajstić information content (AvgIpc) is 2.60. The topological polar surface area (TPSA) is 0 Å². The number of rotatable bonds is 0. The second-order valence-corrected chi connectivity index (χ2v) is 7.02. The number of hydrogen-bond acceptors (Lipinski definition) is 0. The summed E-state index contributed by atoms with van der Waals surface area (Å²) in [4.78, 5) is 0. The lowest BCUT2D eigenvalue weighted by Gasteiger charge is -2.29. The van der Waals surface area contributed by atoms with Gasteiger partial charge in [0.15, 0.2) is 0 Å². The summed E-state index contributed by atoms with van der Waals surface area (Å²) in [6.07, 6.45) is 18.5. The van der Waals surface area contributed by atoms with Crippen LogP contribution in [0.2, 0.25) is 0 Å². The molecular formula is C23H20. The van der Waals surface area contributed by atoms with E-state index in [4.69, 9.17) is 0 Å². The number of fused-ring (bicyclic) bond motifs is 7. The van der Waals surface area contributed by atoms with Crippen LogP contribution in [0.5, 0.6) is 0 Å². The summed E-state index contributed by atoms with van der Waals surface area (Å²) >= 11 is 0. The quantitative estimate of drug-likeness (QED) is 0.556. The van der Waals surface area contributed by atoms with Gasteiger partial charge in [-0.2, -0.15) is 0 Å². The second-order valence-electron chi connectivity index (χ2n) is 7.02. The van der Waals surface area contributed by atoms with Gasteiger partial charge in [-0.05, 0) is 52.8 Å². The number of hydrogen-bond donors (Lipinski definition) is 0. The lowest BCUT2D eigenvalue weighted by molar-refractivity contribution is 0.693. The first kappa shape index (κ1) is 13.1. The molecule has 5 rings (SSSR count). The first-order chi connectivity index (χ1) is 11.3. The van der Waals surface area contributed by atoms with Crippen molar-refractivity contribution in [1.29, 1.82) is 0 Å². The van der Waals surface area contributed by atoms with E-state index in [1.54, 1.807) is 0 Å². The highest BCUT2D eigenvalue weighted by Gasteiger charge is 2.25. The lowest BCUT2D eigenvalue weighted by Crippen LogP contribution is -2.13. The van der Waals surface area contributed by atoms with Crippen LogP contribution in [0, 0.1) is 5.92 Å². The fourth-order valence-corrected chi connectivity index (χ4v) is 4.36. The Bertz CT molecular complexity index is 934. The second kappa shape index (κ2) is 4.83. The van der Waals surface area contributed by atoms with Gasteiger partial charge in [0.05, 0.1) is 0 Å². The van der Waals surface area contributed by atoms with Gasteiger partial charge in [-0.15, -0.1) is 0 Å². The first-order valence-corrected chi connectivity index (χ1v) is 8.60. The molecule has 0 spiro atoms. The molecule has 2 atom stereocenters. The zero-order chi connectivity index (χ0) is 15.4. The van der Waals surface area contributed by atoms with Crippen molar-refractivity contribution in [1.82, 2.24) is 0 Å². The highest BCUT2D eigenvalue weighted by Crippen LogP contribution is 2.42. The van der Waals surface area contributed by atoms with Crippen LogP contribution in [-0.4, -0.2) is 0 Å². The molecule has 2 aromatic rings. The zero-order valence-corrected chi connectivity index (χ0v) is 13.4. The molecule has 0 radical (unpaired) electrons. The number of benzene rings is 2. The zero-order valence-electron chi connectivity index (χ0n) is 13.4. The van der Waals surface area contributed by atoms with E-state index in [9.17, 15) is 0 Å². The fourth-order valence-electron chi connectivity index (χ4n) is 4.36. The molecule has 0 nitrogen and oxygen atoms in total. The van der Waals surface area contributed by atoms with Gasteiger partial charge in [-0.25, -0.2) is 0 Å². The molecule has 0 bridgehead atoms. The molecule has 0 heteroatoms. The maximum absolute atomic E-state index is 2.39. The molecule has 0 saturated heterocycles. The van der Waals surface area contributed by atoms with Crippen LogP contribution < -0.4 is 0 Å². The highest BCUT2D eigenvalue weighted by atomic mass is 14.3. The molecule has 2 aromatic carbocycles. The third-order valence-corrected chi connectivity index (χ3v) is 5.61. The summed E-state index contributed by atoms with van der Waals surface area (Å²) in [5.41, 5.74) is 7.34. The van der Waals surface area contributed by atoms with Gasteiger partial charge >= 0.3 is 0 Å². The molecule has 0 saturated carbocycles. The molecule has 0 aromatic heterocycles. The molecule has 3 aliphatic rings. The van der Waals surface area contributed by atoms with Gasteiger partial charge in [-0.3, -0.25) is 0 Å². The van der Waals surface area contributed by atoms with Crippen LogP contribution >= 0.6 is 0 Å². The summed E-state index contributed by atoms with van der Waals surface area (Å²) < 4.78 is 0. The van der Waals surface area contributed by atoms with Crippen molar-refractivity contribution in [3.8, 4) is 0 Å². The largest absolute Gasteiger partial charge is 0.0767 e. The maximum Gasteiger partial charge on any atom is 0.0125 e. The lowest BCUT2D eigenvalue weighted by atomic mass is 9.75. The van der Waals surface area contributed by atoms with Gasteiger partial charge in [-0.1, -0.05) is 72.4 Å². The Balaban J connectivity index is 1.78. The van der Waals surface area contributed by atoms with Crippen molar-refractivity contribution in [2.24, 2.45) is 5.92 Å². The molecular weight excluding hydrogens is 276 g/mol. The molecule has 0 amide bonds. The molecule has 3 aliphatic carbocycles. The first-order valence-electron chi connectivity index (χ1n) is 8.60. The third-order valence-electron chi connectivity index (χ3n) is 5.61. The van der Waals surface area contributed by atoms with Gasteiger partial charge < -0.3 is 0 Å². The Hall–Kier alpha value is -2.34. The van der Waals surface area contributed by atoms with Gasteiger partial charge in [0.2, 0.25) is 0 Å².